The molecular formula is C17H20N2O3S. The van der Waals surface area contributed by atoms with Crippen molar-refractivity contribution in [1.29, 1.82) is 0 Å². The Bertz CT molecular complexity index is 653. The number of benzene rings is 1. The highest BCUT2D eigenvalue weighted by molar-refractivity contribution is 8.16. The number of hydrogen-bond acceptors (Lipinski definition) is 4. The van der Waals surface area contributed by atoms with Crippen LogP contribution in [-0.4, -0.2) is 33.4 Å². The number of carbonyl (C=O) groups is 2. The van der Waals surface area contributed by atoms with Crippen molar-refractivity contribution in [2.45, 2.75) is 50.3 Å². The average molecular weight is 332 g/mol. The van der Waals surface area contributed by atoms with Crippen LogP contribution in [0.25, 0.3) is 0 Å². The van der Waals surface area contributed by atoms with Gasteiger partial charge in [0.1, 0.15) is 5.25 Å². The first-order chi connectivity index (χ1) is 11.1. The Labute approximate surface area is 139 Å². The molecule has 23 heavy (non-hydrogen) atoms. The second kappa shape index (κ2) is 6.74. The van der Waals surface area contributed by atoms with Crippen LogP contribution in [0, 0.1) is 6.92 Å². The van der Waals surface area contributed by atoms with Crippen molar-refractivity contribution >= 4 is 34.5 Å². The SMILES string of the molecule is Cc1ccccc1N1C(=O)[C@@H](CC(=O)O)SC1=NC1CCCC1. The number of anilines is 1. The van der Waals surface area contributed by atoms with Crippen molar-refractivity contribution in [1.82, 2.24) is 0 Å². The van der Waals surface area contributed by atoms with E-state index in [4.69, 9.17) is 10.1 Å². The molecule has 122 valence electrons. The Balaban J connectivity index is 1.95. The van der Waals surface area contributed by atoms with Gasteiger partial charge in [-0.2, -0.15) is 0 Å². The van der Waals surface area contributed by atoms with Gasteiger partial charge < -0.3 is 5.11 Å². The number of hydrogen-bond donors (Lipinski definition) is 1. The molecule has 2 aliphatic rings. The number of aliphatic imine (C=N–C) groups is 1. The molecule has 2 fully saturated rings. The van der Waals surface area contributed by atoms with Gasteiger partial charge in [0.2, 0.25) is 5.91 Å². The van der Waals surface area contributed by atoms with E-state index < -0.39 is 11.2 Å². The summed E-state index contributed by atoms with van der Waals surface area (Å²) in [4.78, 5) is 30.2. The standard InChI is InChI=1S/C17H20N2O3S/c1-11-6-2-5-9-13(11)19-16(22)14(10-15(20)21)23-17(19)18-12-7-3-4-8-12/h2,5-6,9,12,14H,3-4,7-8,10H2,1H3,(H,20,21)/t14-/m1/s1. The first-order valence-corrected chi connectivity index (χ1v) is 8.80. The predicted molar refractivity (Wildman–Crippen MR) is 92.0 cm³/mol. The molecule has 0 unspecified atom stereocenters. The highest BCUT2D eigenvalue weighted by Gasteiger charge is 2.41. The van der Waals surface area contributed by atoms with E-state index in [2.05, 4.69) is 0 Å². The Morgan fingerprint density at radius 3 is 2.70 bits per heavy atom. The first-order valence-electron chi connectivity index (χ1n) is 7.92. The number of para-hydroxylation sites is 1. The summed E-state index contributed by atoms with van der Waals surface area (Å²) in [6.07, 6.45) is 4.26. The molecule has 3 rings (SSSR count). The van der Waals surface area contributed by atoms with Crippen LogP contribution >= 0.6 is 11.8 Å². The molecule has 1 aliphatic heterocycles. The molecule has 1 atom stereocenters. The lowest BCUT2D eigenvalue weighted by Crippen LogP contribution is -2.33. The normalized spacial score (nSPS) is 23.9. The highest BCUT2D eigenvalue weighted by atomic mass is 32.2. The van der Waals surface area contributed by atoms with E-state index in [9.17, 15) is 9.59 Å². The van der Waals surface area contributed by atoms with Gasteiger partial charge in [0, 0.05) is 0 Å². The fraction of sp³-hybridized carbons (Fsp3) is 0.471. The van der Waals surface area contributed by atoms with Crippen LogP contribution in [0.2, 0.25) is 0 Å². The van der Waals surface area contributed by atoms with Crippen molar-refractivity contribution in [3.8, 4) is 0 Å². The molecule has 0 radical (unpaired) electrons. The third kappa shape index (κ3) is 3.42. The van der Waals surface area contributed by atoms with Crippen LogP contribution < -0.4 is 4.90 Å². The Kier molecular flexibility index (Phi) is 4.71. The molecule has 0 spiro atoms. The summed E-state index contributed by atoms with van der Waals surface area (Å²) in [5.41, 5.74) is 1.78. The number of thioether (sulfide) groups is 1. The van der Waals surface area contributed by atoms with Gasteiger partial charge in [-0.15, -0.1) is 0 Å². The van der Waals surface area contributed by atoms with Gasteiger partial charge in [-0.3, -0.25) is 19.5 Å². The summed E-state index contributed by atoms with van der Waals surface area (Å²) in [6.45, 7) is 1.95. The summed E-state index contributed by atoms with van der Waals surface area (Å²) in [6, 6.07) is 7.90. The summed E-state index contributed by atoms with van der Waals surface area (Å²) in [5, 5.41) is 9.11. The molecule has 1 aromatic carbocycles. The number of nitrogens with zero attached hydrogens (tertiary/aromatic N) is 2. The second-order valence-corrected chi connectivity index (χ2v) is 7.18. The molecule has 0 bridgehead atoms. The Morgan fingerprint density at radius 1 is 1.35 bits per heavy atom. The van der Waals surface area contributed by atoms with Gasteiger partial charge >= 0.3 is 5.97 Å². The van der Waals surface area contributed by atoms with E-state index in [0.29, 0.717) is 5.17 Å². The van der Waals surface area contributed by atoms with E-state index in [1.807, 2.05) is 31.2 Å². The van der Waals surface area contributed by atoms with E-state index in [1.54, 1.807) is 4.90 Å². The first kappa shape index (κ1) is 16.1. The van der Waals surface area contributed by atoms with Crippen LogP contribution in [0.15, 0.2) is 29.3 Å². The number of carboxylic acid groups (broad SMARTS) is 1. The molecular weight excluding hydrogens is 312 g/mol. The zero-order valence-corrected chi connectivity index (χ0v) is 13.9. The van der Waals surface area contributed by atoms with Crippen LogP contribution in [0.3, 0.4) is 0 Å². The molecule has 1 aromatic rings. The van der Waals surface area contributed by atoms with E-state index in [-0.39, 0.29) is 18.4 Å². The average Bonchev–Trinajstić information content (AvgIpc) is 3.10. The minimum atomic E-state index is -0.956. The highest BCUT2D eigenvalue weighted by Crippen LogP contribution is 2.36. The fourth-order valence-electron chi connectivity index (χ4n) is 3.07. The van der Waals surface area contributed by atoms with Gasteiger partial charge in [-0.1, -0.05) is 42.8 Å². The second-order valence-electron chi connectivity index (χ2n) is 6.01. The molecule has 1 saturated carbocycles. The number of carboxylic acids is 1. The van der Waals surface area contributed by atoms with Gasteiger partial charge in [-0.25, -0.2) is 0 Å². The van der Waals surface area contributed by atoms with Crippen molar-refractivity contribution in [2.75, 3.05) is 4.90 Å². The van der Waals surface area contributed by atoms with Crippen LogP contribution in [0.1, 0.15) is 37.7 Å². The molecule has 0 aromatic heterocycles. The van der Waals surface area contributed by atoms with Crippen LogP contribution in [0.5, 0.6) is 0 Å². The molecule has 1 saturated heterocycles. The third-order valence-electron chi connectivity index (χ3n) is 4.27. The summed E-state index contributed by atoms with van der Waals surface area (Å²) in [5.74, 6) is -1.13. The molecule has 1 heterocycles. The predicted octanol–water partition coefficient (Wildman–Crippen LogP) is 3.22. The van der Waals surface area contributed by atoms with E-state index in [0.717, 1.165) is 24.1 Å². The molecule has 1 N–H and O–H groups in total. The zero-order valence-electron chi connectivity index (χ0n) is 13.1. The molecule has 6 heteroatoms. The van der Waals surface area contributed by atoms with Gasteiger partial charge in [0.25, 0.3) is 0 Å². The Hall–Kier alpha value is -1.82. The summed E-state index contributed by atoms with van der Waals surface area (Å²) >= 11 is 1.29. The van der Waals surface area contributed by atoms with Crippen LogP contribution in [0.4, 0.5) is 5.69 Å². The number of amides is 1. The minimum absolute atomic E-state index is 0.171. The lowest BCUT2D eigenvalue weighted by atomic mass is 10.1. The van der Waals surface area contributed by atoms with Crippen molar-refractivity contribution in [3.05, 3.63) is 29.8 Å². The lowest BCUT2D eigenvalue weighted by molar-refractivity contribution is -0.138. The lowest BCUT2D eigenvalue weighted by Gasteiger charge is -2.19. The Morgan fingerprint density at radius 2 is 2.04 bits per heavy atom. The fourth-order valence-corrected chi connectivity index (χ4v) is 4.26. The van der Waals surface area contributed by atoms with Gasteiger partial charge in [-0.05, 0) is 31.4 Å². The van der Waals surface area contributed by atoms with Crippen molar-refractivity contribution in [3.63, 3.8) is 0 Å². The van der Waals surface area contributed by atoms with E-state index in [1.165, 1.54) is 24.6 Å². The summed E-state index contributed by atoms with van der Waals surface area (Å²) < 4.78 is 0. The maximum atomic E-state index is 12.7. The minimum Gasteiger partial charge on any atom is -0.481 e. The van der Waals surface area contributed by atoms with E-state index >= 15 is 0 Å². The van der Waals surface area contributed by atoms with Gasteiger partial charge in [0.15, 0.2) is 5.17 Å². The van der Waals surface area contributed by atoms with Crippen LogP contribution in [-0.2, 0) is 9.59 Å². The van der Waals surface area contributed by atoms with Crippen molar-refractivity contribution < 1.29 is 14.7 Å². The molecule has 1 amide bonds. The zero-order chi connectivity index (χ0) is 16.4. The van der Waals surface area contributed by atoms with Gasteiger partial charge in [0.05, 0.1) is 18.2 Å². The topological polar surface area (TPSA) is 70.0 Å². The largest absolute Gasteiger partial charge is 0.481 e. The smallest absolute Gasteiger partial charge is 0.305 e. The molecule has 5 nitrogen and oxygen atoms in total. The summed E-state index contributed by atoms with van der Waals surface area (Å²) in [7, 11) is 0. The number of amidine groups is 1. The number of rotatable bonds is 4. The monoisotopic (exact) mass is 332 g/mol. The number of aliphatic carboxylic acids is 1. The maximum absolute atomic E-state index is 12.7. The number of carbonyl (C=O) groups excluding carboxylic acids is 1. The quantitative estimate of drug-likeness (QED) is 0.919. The third-order valence-corrected chi connectivity index (χ3v) is 5.42. The maximum Gasteiger partial charge on any atom is 0.305 e. The number of aryl methyl sites for hydroxylation is 1. The molecule has 1 aliphatic carbocycles. The van der Waals surface area contributed by atoms with Crippen molar-refractivity contribution in [2.24, 2.45) is 4.99 Å².